The number of rotatable bonds is 6. The van der Waals surface area contributed by atoms with Gasteiger partial charge in [-0.25, -0.2) is 9.59 Å². The van der Waals surface area contributed by atoms with E-state index in [9.17, 15) is 9.59 Å². The molecule has 0 amide bonds. The van der Waals surface area contributed by atoms with Crippen molar-refractivity contribution in [3.05, 3.63) is 55.5 Å². The van der Waals surface area contributed by atoms with E-state index >= 15 is 0 Å². The van der Waals surface area contributed by atoms with Crippen LogP contribution in [-0.2, 0) is 32.3 Å². The van der Waals surface area contributed by atoms with Gasteiger partial charge in [0.05, 0.1) is 20.1 Å². The van der Waals surface area contributed by atoms with Crippen LogP contribution in [0, 0.1) is 0 Å². The molecule has 0 atom stereocenters. The Balaban J connectivity index is 3.11. The lowest BCUT2D eigenvalue weighted by Gasteiger charge is -2.16. The summed E-state index contributed by atoms with van der Waals surface area (Å²) in [5, 5.41) is 0.229. The first-order valence-electron chi connectivity index (χ1n) is 6.56. The van der Waals surface area contributed by atoms with Crippen LogP contribution < -0.4 is 0 Å². The van der Waals surface area contributed by atoms with Crippen molar-refractivity contribution in [2.24, 2.45) is 0 Å². The van der Waals surface area contributed by atoms with Gasteiger partial charge in [-0.15, -0.1) is 0 Å². The molecular formula is C16H14Cl4O4. The molecule has 0 aliphatic carbocycles. The molecule has 1 rings (SSSR count). The van der Waals surface area contributed by atoms with Crippen LogP contribution in [0.25, 0.3) is 0 Å². The van der Waals surface area contributed by atoms with Crippen molar-refractivity contribution in [2.45, 2.75) is 27.1 Å². The van der Waals surface area contributed by atoms with Crippen LogP contribution >= 0.6 is 46.4 Å². The molecule has 0 saturated carbocycles. The monoisotopic (exact) mass is 410 g/mol. The zero-order valence-corrected chi connectivity index (χ0v) is 16.0. The summed E-state index contributed by atoms with van der Waals surface area (Å²) >= 11 is 24.7. The third-order valence-electron chi connectivity index (χ3n) is 2.84. The highest BCUT2D eigenvalue weighted by molar-refractivity contribution is 6.48. The van der Waals surface area contributed by atoms with Crippen LogP contribution in [0.1, 0.15) is 25.0 Å². The van der Waals surface area contributed by atoms with E-state index in [1.807, 2.05) is 0 Å². The second kappa shape index (κ2) is 8.77. The van der Waals surface area contributed by atoms with Crippen LogP contribution in [0.2, 0.25) is 20.1 Å². The summed E-state index contributed by atoms with van der Waals surface area (Å²) in [7, 11) is 0. The minimum atomic E-state index is -0.603. The maximum atomic E-state index is 11.5. The fourth-order valence-corrected chi connectivity index (χ4v) is 2.65. The van der Waals surface area contributed by atoms with Gasteiger partial charge in [-0.05, 0) is 13.8 Å². The zero-order chi connectivity index (χ0) is 18.6. The molecule has 130 valence electrons. The summed E-state index contributed by atoms with van der Waals surface area (Å²) in [6.45, 7) is 9.49. The second-order valence-electron chi connectivity index (χ2n) is 4.93. The van der Waals surface area contributed by atoms with Gasteiger partial charge >= 0.3 is 11.9 Å². The Labute approximate surface area is 159 Å². The fourth-order valence-electron chi connectivity index (χ4n) is 1.50. The Kier molecular flexibility index (Phi) is 7.61. The number of benzene rings is 1. The first kappa shape index (κ1) is 20.8. The van der Waals surface area contributed by atoms with Gasteiger partial charge in [0.25, 0.3) is 0 Å². The molecule has 24 heavy (non-hydrogen) atoms. The third-order valence-corrected chi connectivity index (χ3v) is 4.70. The van der Waals surface area contributed by atoms with Gasteiger partial charge in [-0.2, -0.15) is 0 Å². The third kappa shape index (κ3) is 4.90. The quantitative estimate of drug-likeness (QED) is 0.350. The molecular weight excluding hydrogens is 398 g/mol. The van der Waals surface area contributed by atoms with Crippen molar-refractivity contribution in [3.8, 4) is 0 Å². The molecule has 8 heteroatoms. The van der Waals surface area contributed by atoms with E-state index in [-0.39, 0.29) is 55.6 Å². The molecule has 0 bridgehead atoms. The first-order valence-corrected chi connectivity index (χ1v) is 8.08. The molecule has 0 radical (unpaired) electrons. The molecule has 0 N–H and O–H groups in total. The number of carbonyl (C=O) groups is 2. The number of hydrogen-bond donors (Lipinski definition) is 0. The molecule has 4 nitrogen and oxygen atoms in total. The maximum Gasteiger partial charge on any atom is 0.333 e. The van der Waals surface area contributed by atoms with Crippen LogP contribution in [-0.4, -0.2) is 11.9 Å². The SMILES string of the molecule is C=C(C)C(=O)OCc1c(Cl)c(Cl)c(COC(=O)C(=C)C)c(Cl)c1Cl. The average molecular weight is 412 g/mol. The van der Waals surface area contributed by atoms with Gasteiger partial charge in [0.2, 0.25) is 0 Å². The van der Waals surface area contributed by atoms with Gasteiger partial charge in [0.15, 0.2) is 0 Å². The summed E-state index contributed by atoms with van der Waals surface area (Å²) in [5.74, 6) is -1.21. The van der Waals surface area contributed by atoms with Crippen LogP contribution in [0.4, 0.5) is 0 Å². The Bertz CT molecular complexity index is 635. The normalized spacial score (nSPS) is 10.2. The maximum absolute atomic E-state index is 11.5. The molecule has 0 aliphatic rings. The minimum Gasteiger partial charge on any atom is -0.457 e. The van der Waals surface area contributed by atoms with Gasteiger partial charge in [-0.3, -0.25) is 0 Å². The van der Waals surface area contributed by atoms with E-state index in [2.05, 4.69) is 13.2 Å². The molecule has 0 spiro atoms. The van der Waals surface area contributed by atoms with Crippen LogP contribution in [0.15, 0.2) is 24.3 Å². The fraction of sp³-hybridized carbons (Fsp3) is 0.250. The van der Waals surface area contributed by atoms with Gasteiger partial charge in [-0.1, -0.05) is 59.6 Å². The van der Waals surface area contributed by atoms with E-state index in [0.29, 0.717) is 0 Å². The molecule has 0 saturated heterocycles. The van der Waals surface area contributed by atoms with Crippen LogP contribution in [0.3, 0.4) is 0 Å². The number of carbonyl (C=O) groups excluding carboxylic acids is 2. The minimum absolute atomic E-state index is 0.0574. The van der Waals surface area contributed by atoms with E-state index in [1.54, 1.807) is 0 Å². The Morgan fingerprint density at radius 2 is 1.00 bits per heavy atom. The smallest absolute Gasteiger partial charge is 0.333 e. The Morgan fingerprint density at radius 1 is 0.750 bits per heavy atom. The number of halogens is 4. The van der Waals surface area contributed by atoms with Gasteiger partial charge in [0, 0.05) is 22.3 Å². The van der Waals surface area contributed by atoms with Crippen molar-refractivity contribution in [1.29, 1.82) is 0 Å². The molecule has 1 aromatic carbocycles. The van der Waals surface area contributed by atoms with Crippen molar-refractivity contribution < 1.29 is 19.1 Å². The van der Waals surface area contributed by atoms with E-state index in [0.717, 1.165) is 0 Å². The molecule has 0 aromatic heterocycles. The lowest BCUT2D eigenvalue weighted by atomic mass is 10.1. The van der Waals surface area contributed by atoms with Crippen molar-refractivity contribution in [2.75, 3.05) is 0 Å². The Hall–Kier alpha value is -1.20. The van der Waals surface area contributed by atoms with E-state index in [4.69, 9.17) is 55.9 Å². The summed E-state index contributed by atoms with van der Waals surface area (Å²) in [6.07, 6.45) is 0. The predicted molar refractivity (Wildman–Crippen MR) is 95.7 cm³/mol. The summed E-state index contributed by atoms with van der Waals surface area (Å²) in [4.78, 5) is 23.0. The van der Waals surface area contributed by atoms with Crippen molar-refractivity contribution in [3.63, 3.8) is 0 Å². The first-order chi connectivity index (χ1) is 11.1. The largest absolute Gasteiger partial charge is 0.457 e. The Morgan fingerprint density at radius 3 is 1.21 bits per heavy atom. The van der Waals surface area contributed by atoms with Gasteiger partial charge < -0.3 is 9.47 Å². The highest BCUT2D eigenvalue weighted by Crippen LogP contribution is 2.42. The highest BCUT2D eigenvalue weighted by Gasteiger charge is 2.22. The molecule has 1 aromatic rings. The van der Waals surface area contributed by atoms with Gasteiger partial charge in [0.1, 0.15) is 13.2 Å². The summed E-state index contributed by atoms with van der Waals surface area (Å²) in [5.41, 5.74) is 0.946. The lowest BCUT2D eigenvalue weighted by Crippen LogP contribution is -2.08. The molecule has 0 unspecified atom stereocenters. The van der Waals surface area contributed by atoms with Crippen LogP contribution in [0.5, 0.6) is 0 Å². The predicted octanol–water partition coefficient (Wildman–Crippen LogP) is 5.54. The zero-order valence-electron chi connectivity index (χ0n) is 13.0. The number of ether oxygens (including phenoxy) is 2. The number of esters is 2. The molecule has 0 fully saturated rings. The van der Waals surface area contributed by atoms with E-state index in [1.165, 1.54) is 13.8 Å². The summed E-state index contributed by atoms with van der Waals surface area (Å²) in [6, 6.07) is 0. The highest BCUT2D eigenvalue weighted by atomic mass is 35.5. The standard InChI is InChI=1S/C16H14Cl4O4/c1-7(2)15(21)23-5-9-11(17)13(19)10(14(20)12(9)18)6-24-16(22)8(3)4/h1,3,5-6H2,2,4H3. The van der Waals surface area contributed by atoms with Crippen molar-refractivity contribution >= 4 is 58.3 Å². The topological polar surface area (TPSA) is 52.6 Å². The average Bonchev–Trinajstić information content (AvgIpc) is 2.52. The summed E-state index contributed by atoms with van der Waals surface area (Å²) < 4.78 is 10.0. The second-order valence-corrected chi connectivity index (χ2v) is 6.44. The lowest BCUT2D eigenvalue weighted by molar-refractivity contribution is -0.141. The molecule has 0 heterocycles. The van der Waals surface area contributed by atoms with Crippen molar-refractivity contribution in [1.82, 2.24) is 0 Å². The number of hydrogen-bond acceptors (Lipinski definition) is 4. The molecule has 0 aliphatic heterocycles. The van der Waals surface area contributed by atoms with E-state index < -0.39 is 11.9 Å².